The molecule has 5 heteroatoms. The van der Waals surface area contributed by atoms with Crippen molar-refractivity contribution in [3.05, 3.63) is 41.8 Å². The Labute approximate surface area is 125 Å². The topological polar surface area (TPSA) is 63.8 Å². The van der Waals surface area contributed by atoms with Crippen LogP contribution < -0.4 is 5.32 Å². The Morgan fingerprint density at radius 2 is 2.14 bits per heavy atom. The van der Waals surface area contributed by atoms with Gasteiger partial charge in [-0.2, -0.15) is 4.98 Å². The fourth-order valence-electron chi connectivity index (χ4n) is 3.15. The Kier molecular flexibility index (Phi) is 4.29. The zero-order chi connectivity index (χ0) is 14.5. The lowest BCUT2D eigenvalue weighted by Crippen LogP contribution is -2.46. The zero-order valence-electron chi connectivity index (χ0n) is 12.5. The summed E-state index contributed by atoms with van der Waals surface area (Å²) < 4.78 is 5.44. The van der Waals surface area contributed by atoms with Gasteiger partial charge in [0.15, 0.2) is 5.82 Å². The normalized spacial score (nSPS) is 17.8. The first-order valence-corrected chi connectivity index (χ1v) is 7.69. The van der Waals surface area contributed by atoms with Crippen LogP contribution in [0.5, 0.6) is 0 Å². The van der Waals surface area contributed by atoms with Crippen molar-refractivity contribution in [2.45, 2.75) is 50.5 Å². The third-order valence-corrected chi connectivity index (χ3v) is 4.43. The summed E-state index contributed by atoms with van der Waals surface area (Å²) in [7, 11) is 2.04. The fraction of sp³-hybridized carbons (Fsp3) is 0.562. The van der Waals surface area contributed by atoms with Gasteiger partial charge < -0.3 is 9.84 Å². The van der Waals surface area contributed by atoms with Crippen molar-refractivity contribution in [3.63, 3.8) is 0 Å². The van der Waals surface area contributed by atoms with E-state index in [1.807, 2.05) is 25.4 Å². The molecule has 2 aromatic heterocycles. The molecule has 1 aliphatic carbocycles. The third-order valence-electron chi connectivity index (χ3n) is 4.43. The lowest BCUT2D eigenvalue weighted by atomic mass is 9.79. The first kappa shape index (κ1) is 14.2. The number of nitrogens with one attached hydrogen (secondary N) is 1. The summed E-state index contributed by atoms with van der Waals surface area (Å²) in [6, 6.07) is 3.95. The molecule has 21 heavy (non-hydrogen) atoms. The average Bonchev–Trinajstić information content (AvgIpc) is 2.96. The maximum atomic E-state index is 5.44. The Bertz CT molecular complexity index is 561. The smallest absolute Gasteiger partial charge is 0.228 e. The van der Waals surface area contributed by atoms with Gasteiger partial charge in [-0.1, -0.05) is 30.5 Å². The molecule has 0 radical (unpaired) electrons. The molecule has 0 atom stereocenters. The van der Waals surface area contributed by atoms with Crippen molar-refractivity contribution >= 4 is 0 Å². The molecule has 0 bridgehead atoms. The van der Waals surface area contributed by atoms with Crippen LogP contribution in [0.1, 0.15) is 49.4 Å². The van der Waals surface area contributed by atoms with E-state index in [0.717, 1.165) is 23.7 Å². The second-order valence-electron chi connectivity index (χ2n) is 5.91. The van der Waals surface area contributed by atoms with Gasteiger partial charge in [0.1, 0.15) is 0 Å². The van der Waals surface area contributed by atoms with Gasteiger partial charge in [0.05, 0.1) is 0 Å². The highest BCUT2D eigenvalue weighted by Gasteiger charge is 2.32. The van der Waals surface area contributed by atoms with E-state index in [9.17, 15) is 0 Å². The molecular formula is C16H22N4O. The predicted octanol–water partition coefficient (Wildman–Crippen LogP) is 2.52. The van der Waals surface area contributed by atoms with Crippen molar-refractivity contribution in [2.75, 3.05) is 7.05 Å². The van der Waals surface area contributed by atoms with Crippen molar-refractivity contribution in [2.24, 2.45) is 0 Å². The highest BCUT2D eigenvalue weighted by atomic mass is 16.5. The van der Waals surface area contributed by atoms with Gasteiger partial charge in [0.2, 0.25) is 5.89 Å². The summed E-state index contributed by atoms with van der Waals surface area (Å²) in [6.45, 7) is 0. The summed E-state index contributed by atoms with van der Waals surface area (Å²) >= 11 is 0. The van der Waals surface area contributed by atoms with E-state index in [2.05, 4.69) is 20.4 Å². The van der Waals surface area contributed by atoms with Crippen LogP contribution in [0.2, 0.25) is 0 Å². The molecule has 1 aliphatic rings. The van der Waals surface area contributed by atoms with Gasteiger partial charge in [-0.25, -0.2) is 0 Å². The van der Waals surface area contributed by atoms with Crippen LogP contribution in [-0.2, 0) is 12.8 Å². The van der Waals surface area contributed by atoms with E-state index in [0.29, 0.717) is 6.42 Å². The number of hydrogen-bond donors (Lipinski definition) is 1. The van der Waals surface area contributed by atoms with Crippen LogP contribution in [0, 0.1) is 0 Å². The Hall–Kier alpha value is -1.75. The number of rotatable bonds is 5. The summed E-state index contributed by atoms with van der Waals surface area (Å²) in [5.41, 5.74) is 1.24. The number of hydrogen-bond acceptors (Lipinski definition) is 5. The van der Waals surface area contributed by atoms with Gasteiger partial charge in [0, 0.05) is 30.8 Å². The second-order valence-corrected chi connectivity index (χ2v) is 5.91. The summed E-state index contributed by atoms with van der Waals surface area (Å²) in [5.74, 6) is 1.48. The molecule has 2 heterocycles. The van der Waals surface area contributed by atoms with Crippen molar-refractivity contribution in [1.29, 1.82) is 0 Å². The molecular weight excluding hydrogens is 264 g/mol. The Morgan fingerprint density at radius 3 is 2.86 bits per heavy atom. The van der Waals surface area contributed by atoms with E-state index in [1.54, 1.807) is 6.20 Å². The molecule has 5 nitrogen and oxygen atoms in total. The first-order valence-electron chi connectivity index (χ1n) is 7.69. The quantitative estimate of drug-likeness (QED) is 0.915. The molecule has 0 spiro atoms. The molecule has 0 saturated heterocycles. The maximum absolute atomic E-state index is 5.44. The highest BCUT2D eigenvalue weighted by Crippen LogP contribution is 2.30. The number of likely N-dealkylation sites (N-methyl/N-ethyl adjacent to an activating group) is 1. The van der Waals surface area contributed by atoms with E-state index in [-0.39, 0.29) is 5.54 Å². The molecule has 0 unspecified atom stereocenters. The summed E-state index contributed by atoms with van der Waals surface area (Å²) in [5, 5.41) is 7.59. The van der Waals surface area contributed by atoms with Crippen molar-refractivity contribution in [1.82, 2.24) is 20.4 Å². The monoisotopic (exact) mass is 286 g/mol. The van der Waals surface area contributed by atoms with E-state index >= 15 is 0 Å². The van der Waals surface area contributed by atoms with E-state index in [4.69, 9.17) is 4.52 Å². The van der Waals surface area contributed by atoms with Gasteiger partial charge in [-0.15, -0.1) is 0 Å². The molecule has 3 rings (SSSR count). The van der Waals surface area contributed by atoms with Crippen LogP contribution in [0.15, 0.2) is 29.0 Å². The minimum absolute atomic E-state index is 0.135. The summed E-state index contributed by atoms with van der Waals surface area (Å²) in [4.78, 5) is 8.66. The summed E-state index contributed by atoms with van der Waals surface area (Å²) in [6.07, 6.45) is 11.4. The Morgan fingerprint density at radius 1 is 1.29 bits per heavy atom. The minimum atomic E-state index is 0.135. The fourth-order valence-corrected chi connectivity index (χ4v) is 3.15. The van der Waals surface area contributed by atoms with Gasteiger partial charge >= 0.3 is 0 Å². The Balaban J connectivity index is 1.67. The molecule has 112 valence electrons. The first-order chi connectivity index (χ1) is 10.3. The van der Waals surface area contributed by atoms with Gasteiger partial charge in [-0.3, -0.25) is 4.98 Å². The lowest BCUT2D eigenvalue weighted by Gasteiger charge is -2.36. The largest absolute Gasteiger partial charge is 0.339 e. The molecule has 1 fully saturated rings. The van der Waals surface area contributed by atoms with Crippen molar-refractivity contribution < 1.29 is 4.52 Å². The average molecular weight is 286 g/mol. The van der Waals surface area contributed by atoms with E-state index < -0.39 is 0 Å². The van der Waals surface area contributed by atoms with Gasteiger partial charge in [-0.05, 0) is 31.5 Å². The van der Waals surface area contributed by atoms with Crippen LogP contribution in [0.3, 0.4) is 0 Å². The molecule has 0 aliphatic heterocycles. The number of aromatic nitrogens is 3. The zero-order valence-corrected chi connectivity index (χ0v) is 12.5. The van der Waals surface area contributed by atoms with Crippen LogP contribution >= 0.6 is 0 Å². The highest BCUT2D eigenvalue weighted by molar-refractivity contribution is 5.14. The standard InChI is InChI=1S/C16H22N4O/c1-17-16(7-3-2-4-8-16)11-15-19-14(20-21-15)10-13-6-5-9-18-12-13/h5-6,9,12,17H,2-4,7-8,10-11H2,1H3. The maximum Gasteiger partial charge on any atom is 0.228 e. The molecule has 1 saturated carbocycles. The predicted molar refractivity (Wildman–Crippen MR) is 79.9 cm³/mol. The van der Waals surface area contributed by atoms with Gasteiger partial charge in [0.25, 0.3) is 0 Å². The van der Waals surface area contributed by atoms with Crippen LogP contribution in [-0.4, -0.2) is 27.7 Å². The number of nitrogens with zero attached hydrogens (tertiary/aromatic N) is 3. The van der Waals surface area contributed by atoms with E-state index in [1.165, 1.54) is 32.1 Å². The van der Waals surface area contributed by atoms with Crippen molar-refractivity contribution in [3.8, 4) is 0 Å². The molecule has 2 aromatic rings. The molecule has 0 amide bonds. The minimum Gasteiger partial charge on any atom is -0.339 e. The molecule has 1 N–H and O–H groups in total. The second kappa shape index (κ2) is 6.35. The number of pyridine rings is 1. The SMILES string of the molecule is CNC1(Cc2nc(Cc3cccnc3)no2)CCCCC1. The lowest BCUT2D eigenvalue weighted by molar-refractivity contribution is 0.221. The third kappa shape index (κ3) is 3.47. The van der Waals surface area contributed by atoms with Crippen LogP contribution in [0.4, 0.5) is 0 Å². The molecule has 0 aromatic carbocycles. The van der Waals surface area contributed by atoms with Crippen LogP contribution in [0.25, 0.3) is 0 Å².